The molecule has 0 radical (unpaired) electrons. The van der Waals surface area contributed by atoms with Crippen molar-refractivity contribution in [1.29, 1.82) is 0 Å². The molecule has 0 fully saturated rings. The van der Waals surface area contributed by atoms with Crippen molar-refractivity contribution in [2.45, 2.75) is 25.7 Å². The second kappa shape index (κ2) is 5.87. The minimum atomic E-state index is -0.843. The summed E-state index contributed by atoms with van der Waals surface area (Å²) >= 11 is 0. The maximum Gasteiger partial charge on any atom is 0.336 e. The number of aliphatic hydroxyl groups excluding tert-OH is 1. The number of rotatable bonds is 5. The number of carboxylic acid groups (broad SMARTS) is 1. The van der Waals surface area contributed by atoms with Gasteiger partial charge in [-0.2, -0.15) is 0 Å². The number of aliphatic hydroxyl groups is 1. The molecule has 18 heavy (non-hydrogen) atoms. The zero-order chi connectivity index (χ0) is 13.0. The van der Waals surface area contributed by atoms with Gasteiger partial charge in [-0.1, -0.05) is 6.07 Å². The molecule has 0 spiro atoms. The van der Waals surface area contributed by atoms with E-state index in [2.05, 4.69) is 4.90 Å². The minimum Gasteiger partial charge on any atom is -0.478 e. The highest BCUT2D eigenvalue weighted by Crippen LogP contribution is 2.30. The second-order valence-electron chi connectivity index (χ2n) is 4.63. The Labute approximate surface area is 107 Å². The van der Waals surface area contributed by atoms with Gasteiger partial charge < -0.3 is 15.1 Å². The van der Waals surface area contributed by atoms with E-state index in [1.54, 1.807) is 6.07 Å². The molecule has 0 amide bonds. The molecule has 1 heterocycles. The second-order valence-corrected chi connectivity index (χ2v) is 4.63. The quantitative estimate of drug-likeness (QED) is 0.783. The Morgan fingerprint density at radius 3 is 2.89 bits per heavy atom. The zero-order valence-corrected chi connectivity index (χ0v) is 10.4. The first-order valence-electron chi connectivity index (χ1n) is 6.45. The van der Waals surface area contributed by atoms with Crippen molar-refractivity contribution in [1.82, 2.24) is 0 Å². The number of anilines is 1. The topological polar surface area (TPSA) is 60.8 Å². The van der Waals surface area contributed by atoms with Gasteiger partial charge >= 0.3 is 5.97 Å². The molecule has 0 aliphatic carbocycles. The molecule has 4 heteroatoms. The van der Waals surface area contributed by atoms with Gasteiger partial charge in [0, 0.05) is 25.4 Å². The highest BCUT2D eigenvalue weighted by atomic mass is 16.4. The summed E-state index contributed by atoms with van der Waals surface area (Å²) in [5.41, 5.74) is 2.44. The van der Waals surface area contributed by atoms with Gasteiger partial charge in [-0.25, -0.2) is 4.79 Å². The average molecular weight is 249 g/mol. The molecule has 0 unspecified atom stereocenters. The van der Waals surface area contributed by atoms with Gasteiger partial charge in [-0.05, 0) is 43.4 Å². The smallest absolute Gasteiger partial charge is 0.336 e. The number of hydrogen-bond donors (Lipinski definition) is 2. The van der Waals surface area contributed by atoms with Crippen LogP contribution in [0.3, 0.4) is 0 Å². The maximum absolute atomic E-state index is 11.2. The van der Waals surface area contributed by atoms with Crippen LogP contribution in [-0.2, 0) is 6.42 Å². The van der Waals surface area contributed by atoms with Crippen LogP contribution in [0, 0.1) is 0 Å². The van der Waals surface area contributed by atoms with E-state index in [0.717, 1.165) is 50.0 Å². The normalized spacial score (nSPS) is 14.4. The van der Waals surface area contributed by atoms with E-state index in [1.807, 2.05) is 12.1 Å². The van der Waals surface area contributed by atoms with E-state index in [1.165, 1.54) is 0 Å². The lowest BCUT2D eigenvalue weighted by Crippen LogP contribution is -2.31. The summed E-state index contributed by atoms with van der Waals surface area (Å²) in [6.07, 6.45) is 3.57. The predicted octanol–water partition coefficient (Wildman–Crippen LogP) is 1.91. The molecule has 0 saturated carbocycles. The van der Waals surface area contributed by atoms with E-state index in [-0.39, 0.29) is 6.61 Å². The van der Waals surface area contributed by atoms with Crippen LogP contribution in [0.15, 0.2) is 18.2 Å². The molecule has 2 rings (SSSR count). The molecule has 1 aromatic carbocycles. The fraction of sp³-hybridized carbons (Fsp3) is 0.500. The number of nitrogens with zero attached hydrogens (tertiary/aromatic N) is 1. The molecule has 0 bridgehead atoms. The number of carboxylic acids is 1. The van der Waals surface area contributed by atoms with Crippen LogP contribution >= 0.6 is 0 Å². The highest BCUT2D eigenvalue weighted by Gasteiger charge is 2.21. The Morgan fingerprint density at radius 2 is 2.17 bits per heavy atom. The lowest BCUT2D eigenvalue weighted by molar-refractivity contribution is 0.0695. The summed E-state index contributed by atoms with van der Waals surface area (Å²) in [4.78, 5) is 13.4. The van der Waals surface area contributed by atoms with E-state index in [9.17, 15) is 9.90 Å². The van der Waals surface area contributed by atoms with Crippen molar-refractivity contribution < 1.29 is 15.0 Å². The van der Waals surface area contributed by atoms with Crippen LogP contribution in [0.1, 0.15) is 35.2 Å². The van der Waals surface area contributed by atoms with Gasteiger partial charge in [0.15, 0.2) is 0 Å². The molecule has 98 valence electrons. The molecule has 1 aromatic rings. The number of fused-ring (bicyclic) bond motifs is 1. The van der Waals surface area contributed by atoms with Crippen LogP contribution in [-0.4, -0.2) is 35.9 Å². The molecule has 0 saturated heterocycles. The number of aromatic carboxylic acids is 1. The molecule has 1 aliphatic heterocycles. The SMILES string of the molecule is O=C(O)c1cccc2c1CCCN2CCCCO. The van der Waals surface area contributed by atoms with Gasteiger partial charge in [-0.15, -0.1) is 0 Å². The summed E-state index contributed by atoms with van der Waals surface area (Å²) in [6, 6.07) is 5.49. The minimum absolute atomic E-state index is 0.218. The van der Waals surface area contributed by atoms with Crippen molar-refractivity contribution in [3.05, 3.63) is 29.3 Å². The van der Waals surface area contributed by atoms with Crippen molar-refractivity contribution in [2.75, 3.05) is 24.6 Å². The van der Waals surface area contributed by atoms with Crippen LogP contribution < -0.4 is 4.90 Å². The van der Waals surface area contributed by atoms with Gasteiger partial charge in [-0.3, -0.25) is 0 Å². The first-order chi connectivity index (χ1) is 8.74. The van der Waals surface area contributed by atoms with Gasteiger partial charge in [0.1, 0.15) is 0 Å². The van der Waals surface area contributed by atoms with Crippen molar-refractivity contribution in [2.24, 2.45) is 0 Å². The molecule has 4 nitrogen and oxygen atoms in total. The first kappa shape index (κ1) is 12.9. The standard InChI is InChI=1S/C14H19NO3/c16-10-2-1-8-15-9-4-6-11-12(14(17)18)5-3-7-13(11)15/h3,5,7,16H,1-2,4,6,8-10H2,(H,17,18). The number of benzene rings is 1. The third-order valence-corrected chi connectivity index (χ3v) is 3.41. The first-order valence-corrected chi connectivity index (χ1v) is 6.45. The van der Waals surface area contributed by atoms with Crippen LogP contribution in [0.4, 0.5) is 5.69 Å². The summed E-state index contributed by atoms with van der Waals surface area (Å²) in [5.74, 6) is -0.843. The Hall–Kier alpha value is -1.55. The lowest BCUT2D eigenvalue weighted by atomic mass is 9.96. The maximum atomic E-state index is 11.2. The summed E-state index contributed by atoms with van der Waals surface area (Å²) < 4.78 is 0. The molecule has 1 aliphatic rings. The molecule has 0 atom stereocenters. The van der Waals surface area contributed by atoms with E-state index in [4.69, 9.17) is 5.11 Å². The molecule has 2 N–H and O–H groups in total. The van der Waals surface area contributed by atoms with Crippen molar-refractivity contribution >= 4 is 11.7 Å². The van der Waals surface area contributed by atoms with E-state index < -0.39 is 5.97 Å². The largest absolute Gasteiger partial charge is 0.478 e. The number of unbranched alkanes of at least 4 members (excludes halogenated alkanes) is 1. The van der Waals surface area contributed by atoms with Crippen molar-refractivity contribution in [3.63, 3.8) is 0 Å². The molecule has 0 aromatic heterocycles. The van der Waals surface area contributed by atoms with Crippen LogP contribution in [0.5, 0.6) is 0 Å². The molecular weight excluding hydrogens is 230 g/mol. The Kier molecular flexibility index (Phi) is 4.20. The Morgan fingerprint density at radius 1 is 1.33 bits per heavy atom. The van der Waals surface area contributed by atoms with Gasteiger partial charge in [0.2, 0.25) is 0 Å². The fourth-order valence-corrected chi connectivity index (χ4v) is 2.55. The third kappa shape index (κ3) is 2.64. The summed E-state index contributed by atoms with van der Waals surface area (Å²) in [5, 5.41) is 18.0. The van der Waals surface area contributed by atoms with Crippen molar-refractivity contribution in [3.8, 4) is 0 Å². The number of carbonyl (C=O) groups is 1. The average Bonchev–Trinajstić information content (AvgIpc) is 2.38. The van der Waals surface area contributed by atoms with Gasteiger partial charge in [0.05, 0.1) is 5.56 Å². The fourth-order valence-electron chi connectivity index (χ4n) is 2.55. The highest BCUT2D eigenvalue weighted by molar-refractivity contribution is 5.91. The monoisotopic (exact) mass is 249 g/mol. The van der Waals surface area contributed by atoms with Crippen LogP contribution in [0.2, 0.25) is 0 Å². The Balaban J connectivity index is 2.21. The zero-order valence-electron chi connectivity index (χ0n) is 10.4. The predicted molar refractivity (Wildman–Crippen MR) is 70.3 cm³/mol. The van der Waals surface area contributed by atoms with E-state index in [0.29, 0.717) is 5.56 Å². The molecular formula is C14H19NO3. The van der Waals surface area contributed by atoms with E-state index >= 15 is 0 Å². The third-order valence-electron chi connectivity index (χ3n) is 3.41. The van der Waals surface area contributed by atoms with Gasteiger partial charge in [0.25, 0.3) is 0 Å². The Bertz CT molecular complexity index is 431. The number of hydrogen-bond acceptors (Lipinski definition) is 3. The van der Waals surface area contributed by atoms with Crippen LogP contribution in [0.25, 0.3) is 0 Å². The summed E-state index contributed by atoms with van der Waals surface area (Å²) in [6.45, 7) is 2.08. The summed E-state index contributed by atoms with van der Waals surface area (Å²) in [7, 11) is 0. The lowest BCUT2D eigenvalue weighted by Gasteiger charge is -2.32.